The van der Waals surface area contributed by atoms with Crippen molar-refractivity contribution in [2.24, 2.45) is 11.8 Å². The summed E-state index contributed by atoms with van der Waals surface area (Å²) in [6, 6.07) is 8.25. The number of pyridine rings is 1. The van der Waals surface area contributed by atoms with Crippen LogP contribution in [0.4, 0.5) is 5.82 Å². The Balaban J connectivity index is 2.01. The number of hydrogen-bond acceptors (Lipinski definition) is 3. The van der Waals surface area contributed by atoms with Crippen molar-refractivity contribution in [2.45, 2.75) is 26.9 Å². The third-order valence-corrected chi connectivity index (χ3v) is 4.49. The van der Waals surface area contributed by atoms with Gasteiger partial charge in [-0.3, -0.25) is 0 Å². The van der Waals surface area contributed by atoms with Crippen molar-refractivity contribution >= 4 is 16.6 Å². The Morgan fingerprint density at radius 1 is 1.30 bits per heavy atom. The summed E-state index contributed by atoms with van der Waals surface area (Å²) >= 11 is 0. The van der Waals surface area contributed by atoms with Crippen molar-refractivity contribution in [3.8, 4) is 0 Å². The van der Waals surface area contributed by atoms with Crippen molar-refractivity contribution in [2.75, 3.05) is 18.0 Å². The molecule has 1 unspecified atom stereocenters. The molecule has 0 saturated carbocycles. The molecule has 1 aliphatic heterocycles. The number of anilines is 1. The molecule has 1 aromatic carbocycles. The average molecular weight is 270 g/mol. The molecule has 1 N–H and O–H groups in total. The summed E-state index contributed by atoms with van der Waals surface area (Å²) in [5.41, 5.74) is 0.906. The zero-order valence-electron chi connectivity index (χ0n) is 12.2. The Kier molecular flexibility index (Phi) is 3.62. The van der Waals surface area contributed by atoms with Gasteiger partial charge in [-0.25, -0.2) is 4.98 Å². The fraction of sp³-hybridized carbons (Fsp3) is 0.471. The number of nitrogens with zero attached hydrogens (tertiary/aromatic N) is 2. The minimum absolute atomic E-state index is 0.0441. The lowest BCUT2D eigenvalue weighted by Gasteiger charge is -2.21. The van der Waals surface area contributed by atoms with Gasteiger partial charge in [0.1, 0.15) is 5.82 Å². The predicted molar refractivity (Wildman–Crippen MR) is 82.8 cm³/mol. The number of rotatable bonds is 3. The van der Waals surface area contributed by atoms with E-state index in [0.717, 1.165) is 47.1 Å². The Hall–Kier alpha value is -1.61. The Labute approximate surface area is 120 Å². The molecular weight excluding hydrogens is 248 g/mol. The van der Waals surface area contributed by atoms with Gasteiger partial charge in [-0.2, -0.15) is 0 Å². The Bertz CT molecular complexity index is 609. The fourth-order valence-electron chi connectivity index (χ4n) is 3.14. The molecule has 3 heteroatoms. The van der Waals surface area contributed by atoms with Crippen LogP contribution in [-0.2, 0) is 6.61 Å². The van der Waals surface area contributed by atoms with E-state index in [4.69, 9.17) is 0 Å². The predicted octanol–water partition coefficient (Wildman–Crippen LogP) is 3.21. The van der Waals surface area contributed by atoms with E-state index in [1.807, 2.05) is 18.3 Å². The molecule has 1 aliphatic rings. The molecular formula is C17H22N2O. The second-order valence-corrected chi connectivity index (χ2v) is 6.05. The van der Waals surface area contributed by atoms with Gasteiger partial charge in [0.25, 0.3) is 0 Å². The highest BCUT2D eigenvalue weighted by atomic mass is 16.3. The van der Waals surface area contributed by atoms with E-state index >= 15 is 0 Å². The van der Waals surface area contributed by atoms with Crippen LogP contribution < -0.4 is 4.90 Å². The number of hydrogen-bond donors (Lipinski definition) is 1. The van der Waals surface area contributed by atoms with E-state index in [1.165, 1.54) is 6.42 Å². The first-order chi connectivity index (χ1) is 9.70. The molecule has 0 amide bonds. The zero-order chi connectivity index (χ0) is 14.1. The van der Waals surface area contributed by atoms with Crippen LogP contribution in [0.5, 0.6) is 0 Å². The third-order valence-electron chi connectivity index (χ3n) is 4.49. The van der Waals surface area contributed by atoms with Gasteiger partial charge < -0.3 is 10.0 Å². The number of aliphatic hydroxyl groups excluding tert-OH is 1. The lowest BCUT2D eigenvalue weighted by Crippen LogP contribution is -2.22. The molecule has 1 aromatic heterocycles. The highest BCUT2D eigenvalue weighted by Gasteiger charge is 2.26. The quantitative estimate of drug-likeness (QED) is 0.930. The number of benzene rings is 1. The number of fused-ring (bicyclic) bond motifs is 1. The Morgan fingerprint density at radius 2 is 2.05 bits per heavy atom. The normalized spacial score (nSPS) is 19.2. The molecule has 1 saturated heterocycles. The van der Waals surface area contributed by atoms with Gasteiger partial charge in [-0.15, -0.1) is 0 Å². The summed E-state index contributed by atoms with van der Waals surface area (Å²) in [5, 5.41) is 11.7. The first kappa shape index (κ1) is 13.4. The third kappa shape index (κ3) is 2.27. The van der Waals surface area contributed by atoms with E-state index in [2.05, 4.69) is 35.9 Å². The monoisotopic (exact) mass is 270 g/mol. The number of aliphatic hydroxyl groups is 1. The van der Waals surface area contributed by atoms with Gasteiger partial charge in [-0.05, 0) is 23.6 Å². The van der Waals surface area contributed by atoms with E-state index in [0.29, 0.717) is 0 Å². The van der Waals surface area contributed by atoms with Crippen molar-refractivity contribution in [1.29, 1.82) is 0 Å². The second-order valence-electron chi connectivity index (χ2n) is 6.05. The summed E-state index contributed by atoms with van der Waals surface area (Å²) in [5.74, 6) is 2.55. The number of aromatic nitrogens is 1. The smallest absolute Gasteiger partial charge is 0.136 e. The Morgan fingerprint density at radius 3 is 2.70 bits per heavy atom. The van der Waals surface area contributed by atoms with E-state index < -0.39 is 0 Å². The van der Waals surface area contributed by atoms with Gasteiger partial charge >= 0.3 is 0 Å². The maximum Gasteiger partial charge on any atom is 0.136 e. The van der Waals surface area contributed by atoms with Crippen LogP contribution in [0.25, 0.3) is 10.8 Å². The molecule has 0 bridgehead atoms. The summed E-state index contributed by atoms with van der Waals surface area (Å²) in [6.07, 6.45) is 3.07. The van der Waals surface area contributed by atoms with Gasteiger partial charge in [-0.1, -0.05) is 38.1 Å². The van der Waals surface area contributed by atoms with E-state index in [9.17, 15) is 5.11 Å². The van der Waals surface area contributed by atoms with Gasteiger partial charge in [0, 0.05) is 30.2 Å². The maximum atomic E-state index is 9.45. The van der Waals surface area contributed by atoms with Crippen LogP contribution >= 0.6 is 0 Å². The first-order valence-electron chi connectivity index (χ1n) is 7.43. The zero-order valence-corrected chi connectivity index (χ0v) is 12.2. The van der Waals surface area contributed by atoms with Crippen LogP contribution in [-0.4, -0.2) is 23.2 Å². The van der Waals surface area contributed by atoms with Crippen LogP contribution in [0, 0.1) is 11.8 Å². The van der Waals surface area contributed by atoms with Crippen LogP contribution in [0.3, 0.4) is 0 Å². The van der Waals surface area contributed by atoms with E-state index in [1.54, 1.807) is 0 Å². The summed E-state index contributed by atoms with van der Waals surface area (Å²) in [4.78, 5) is 7.02. The molecule has 0 spiro atoms. The van der Waals surface area contributed by atoms with Crippen LogP contribution in [0.15, 0.2) is 30.5 Å². The topological polar surface area (TPSA) is 36.4 Å². The van der Waals surface area contributed by atoms with Crippen molar-refractivity contribution < 1.29 is 5.11 Å². The van der Waals surface area contributed by atoms with Crippen molar-refractivity contribution in [1.82, 2.24) is 4.98 Å². The SMILES string of the molecule is CC(C)C1CCN(c2ncc(CO)c3ccccc23)C1. The van der Waals surface area contributed by atoms with Crippen molar-refractivity contribution in [3.63, 3.8) is 0 Å². The molecule has 3 rings (SSSR count). The van der Waals surface area contributed by atoms with E-state index in [-0.39, 0.29) is 6.61 Å². The first-order valence-corrected chi connectivity index (χ1v) is 7.43. The summed E-state index contributed by atoms with van der Waals surface area (Å²) < 4.78 is 0. The lowest BCUT2D eigenvalue weighted by atomic mass is 9.95. The second kappa shape index (κ2) is 5.41. The molecule has 1 fully saturated rings. The molecule has 3 nitrogen and oxygen atoms in total. The highest BCUT2D eigenvalue weighted by Crippen LogP contribution is 2.32. The molecule has 0 radical (unpaired) electrons. The van der Waals surface area contributed by atoms with Gasteiger partial charge in [0.2, 0.25) is 0 Å². The minimum atomic E-state index is 0.0441. The molecule has 1 atom stereocenters. The lowest BCUT2D eigenvalue weighted by molar-refractivity contribution is 0.283. The summed E-state index contributed by atoms with van der Waals surface area (Å²) in [6.45, 7) is 6.82. The largest absolute Gasteiger partial charge is 0.392 e. The van der Waals surface area contributed by atoms with Gasteiger partial charge in [0.05, 0.1) is 6.61 Å². The molecule has 2 heterocycles. The summed E-state index contributed by atoms with van der Waals surface area (Å²) in [7, 11) is 0. The van der Waals surface area contributed by atoms with Crippen molar-refractivity contribution in [3.05, 3.63) is 36.0 Å². The molecule has 20 heavy (non-hydrogen) atoms. The minimum Gasteiger partial charge on any atom is -0.392 e. The molecule has 0 aliphatic carbocycles. The molecule has 106 valence electrons. The van der Waals surface area contributed by atoms with Crippen LogP contribution in [0.1, 0.15) is 25.8 Å². The molecule has 2 aromatic rings. The average Bonchev–Trinajstić information content (AvgIpc) is 2.96. The van der Waals surface area contributed by atoms with Crippen LogP contribution in [0.2, 0.25) is 0 Å². The highest BCUT2D eigenvalue weighted by molar-refractivity contribution is 5.94. The fourth-order valence-corrected chi connectivity index (χ4v) is 3.14. The maximum absolute atomic E-state index is 9.45. The standard InChI is InChI=1S/C17H22N2O/c1-12(2)13-7-8-19(10-13)17-16-6-4-3-5-15(16)14(11-20)9-18-17/h3-6,9,12-13,20H,7-8,10-11H2,1-2H3. The van der Waals surface area contributed by atoms with Gasteiger partial charge in [0.15, 0.2) is 0 Å².